The maximum atomic E-state index is 9.02. The molecule has 2 atom stereocenters. The second-order valence-corrected chi connectivity index (χ2v) is 9.34. The third-order valence-electron chi connectivity index (χ3n) is 7.14. The predicted octanol–water partition coefficient (Wildman–Crippen LogP) is 5.14. The van der Waals surface area contributed by atoms with Crippen LogP contribution in [0.3, 0.4) is 0 Å². The molecule has 2 aliphatic rings. The zero-order valence-corrected chi connectivity index (χ0v) is 20.2. The van der Waals surface area contributed by atoms with Gasteiger partial charge in [-0.25, -0.2) is 0 Å². The minimum absolute atomic E-state index is 0.161. The molecule has 0 aromatic heterocycles. The lowest BCUT2D eigenvalue weighted by atomic mass is 9.86. The first-order valence-electron chi connectivity index (χ1n) is 11.7. The van der Waals surface area contributed by atoms with E-state index in [0.717, 1.165) is 31.1 Å². The summed E-state index contributed by atoms with van der Waals surface area (Å²) in [6.45, 7) is 8.17. The Bertz CT molecular complexity index is 936. The average molecular weight is 459 g/mol. The van der Waals surface area contributed by atoms with Crippen LogP contribution in [0.2, 0.25) is 5.02 Å². The highest BCUT2D eigenvalue weighted by Gasteiger charge is 2.36. The average Bonchev–Trinajstić information content (AvgIpc) is 2.82. The van der Waals surface area contributed by atoms with Crippen molar-refractivity contribution in [2.45, 2.75) is 51.6 Å². The van der Waals surface area contributed by atoms with Crippen LogP contribution < -0.4 is 14.4 Å². The maximum Gasteiger partial charge on any atom is 0.139 e. The number of aliphatic hydroxyl groups is 1. The number of benzene rings is 2. The van der Waals surface area contributed by atoms with Crippen LogP contribution in [0.15, 0.2) is 30.3 Å². The first kappa shape index (κ1) is 23.2. The molecule has 2 aromatic rings. The molecular formula is C26H35ClN2O3. The Balaban J connectivity index is 1.50. The Morgan fingerprint density at radius 1 is 1.06 bits per heavy atom. The summed E-state index contributed by atoms with van der Waals surface area (Å²) >= 11 is 6.24. The highest BCUT2D eigenvalue weighted by atomic mass is 35.5. The van der Waals surface area contributed by atoms with Crippen LogP contribution in [0.1, 0.15) is 48.4 Å². The van der Waals surface area contributed by atoms with Crippen LogP contribution >= 0.6 is 11.6 Å². The van der Waals surface area contributed by atoms with Crippen LogP contribution in [0, 0.1) is 13.8 Å². The number of piperidine rings is 1. The van der Waals surface area contributed by atoms with E-state index in [-0.39, 0.29) is 6.61 Å². The van der Waals surface area contributed by atoms with Crippen molar-refractivity contribution in [2.24, 2.45) is 0 Å². The van der Waals surface area contributed by atoms with Gasteiger partial charge in [0.2, 0.25) is 0 Å². The lowest BCUT2D eigenvalue weighted by Crippen LogP contribution is -2.56. The van der Waals surface area contributed by atoms with Gasteiger partial charge in [-0.05, 0) is 68.0 Å². The lowest BCUT2D eigenvalue weighted by Gasteiger charge is -2.49. The van der Waals surface area contributed by atoms with Gasteiger partial charge in [-0.2, -0.15) is 0 Å². The Labute approximate surface area is 196 Å². The normalized spacial score (nSPS) is 21.3. The van der Waals surface area contributed by atoms with E-state index >= 15 is 0 Å². The van der Waals surface area contributed by atoms with Gasteiger partial charge in [0.05, 0.1) is 18.7 Å². The van der Waals surface area contributed by atoms with Crippen molar-refractivity contribution in [3.8, 4) is 11.5 Å². The van der Waals surface area contributed by atoms with E-state index in [9.17, 15) is 0 Å². The van der Waals surface area contributed by atoms with E-state index in [1.54, 1.807) is 7.11 Å². The molecule has 32 heavy (non-hydrogen) atoms. The van der Waals surface area contributed by atoms with Gasteiger partial charge in [-0.1, -0.05) is 17.7 Å². The molecular weight excluding hydrogens is 424 g/mol. The number of aliphatic hydroxyl groups excluding tert-OH is 1. The van der Waals surface area contributed by atoms with Gasteiger partial charge < -0.3 is 19.5 Å². The summed E-state index contributed by atoms with van der Waals surface area (Å²) < 4.78 is 11.3. The molecule has 0 unspecified atom stereocenters. The molecule has 2 fully saturated rings. The zero-order chi connectivity index (χ0) is 22.7. The lowest BCUT2D eigenvalue weighted by molar-refractivity contribution is 0.0712. The van der Waals surface area contributed by atoms with Crippen LogP contribution in [0.5, 0.6) is 11.5 Å². The molecule has 0 radical (unpaired) electrons. The molecule has 2 saturated heterocycles. The molecule has 0 saturated carbocycles. The molecule has 0 amide bonds. The van der Waals surface area contributed by atoms with Crippen molar-refractivity contribution in [1.29, 1.82) is 0 Å². The quantitative estimate of drug-likeness (QED) is 0.582. The Hall–Kier alpha value is -1.95. The summed E-state index contributed by atoms with van der Waals surface area (Å²) in [6, 6.07) is 11.5. The fraction of sp³-hybridized carbons (Fsp3) is 0.538. The van der Waals surface area contributed by atoms with Gasteiger partial charge in [0.15, 0.2) is 0 Å². The number of halogens is 1. The second-order valence-electron chi connectivity index (χ2n) is 8.93. The van der Waals surface area contributed by atoms with Crippen molar-refractivity contribution in [2.75, 3.05) is 44.9 Å². The molecule has 4 rings (SSSR count). The third kappa shape index (κ3) is 4.70. The topological polar surface area (TPSA) is 45.2 Å². The van der Waals surface area contributed by atoms with Crippen molar-refractivity contribution < 1.29 is 14.6 Å². The van der Waals surface area contributed by atoms with E-state index in [1.165, 1.54) is 41.6 Å². The van der Waals surface area contributed by atoms with Crippen LogP contribution in [-0.2, 0) is 0 Å². The fourth-order valence-corrected chi connectivity index (χ4v) is 5.44. The highest BCUT2D eigenvalue weighted by Crippen LogP contribution is 2.40. The number of nitrogens with zero attached hydrogens (tertiary/aromatic N) is 2. The number of fused-ring (bicyclic) bond motifs is 1. The van der Waals surface area contributed by atoms with Gasteiger partial charge >= 0.3 is 0 Å². The first-order valence-corrected chi connectivity index (χ1v) is 12.1. The third-order valence-corrected chi connectivity index (χ3v) is 7.45. The highest BCUT2D eigenvalue weighted by molar-refractivity contribution is 6.32. The van der Waals surface area contributed by atoms with Gasteiger partial charge in [0.25, 0.3) is 0 Å². The molecule has 2 aromatic carbocycles. The first-order chi connectivity index (χ1) is 15.5. The fourth-order valence-electron chi connectivity index (χ4n) is 5.24. The van der Waals surface area contributed by atoms with E-state index in [2.05, 4.69) is 47.9 Å². The zero-order valence-electron chi connectivity index (χ0n) is 19.4. The standard InChI is InChI=1S/C26H35ClN2O3/c1-18-19(2)25(32-15-5-14-30)11-9-22(18)24-7-4-6-21-17-28(12-13-29(21)24)20-8-10-23(27)26(16-20)31-3/h8-11,16,21,24,30H,4-7,12-15,17H2,1-3H3/t21-,24+/m0/s1. The van der Waals surface area contributed by atoms with Crippen molar-refractivity contribution in [1.82, 2.24) is 4.90 Å². The number of methoxy groups -OCH3 is 1. The largest absolute Gasteiger partial charge is 0.495 e. The molecule has 0 spiro atoms. The number of piperazine rings is 1. The Morgan fingerprint density at radius 2 is 1.91 bits per heavy atom. The number of hydrogen-bond acceptors (Lipinski definition) is 5. The van der Waals surface area contributed by atoms with Crippen molar-refractivity contribution >= 4 is 17.3 Å². The molecule has 0 bridgehead atoms. The van der Waals surface area contributed by atoms with Crippen molar-refractivity contribution in [3.05, 3.63) is 52.0 Å². The number of hydrogen-bond donors (Lipinski definition) is 1. The van der Waals surface area contributed by atoms with Gasteiger partial charge in [0, 0.05) is 56.5 Å². The summed E-state index contributed by atoms with van der Waals surface area (Å²) in [5.41, 5.74) is 5.17. The summed E-state index contributed by atoms with van der Waals surface area (Å²) in [5, 5.41) is 9.68. The maximum absolute atomic E-state index is 9.02. The SMILES string of the molecule is COc1cc(N2CCN3[C@@H](CCC[C@@H]3c3ccc(OCCCO)c(C)c3C)C2)ccc1Cl. The van der Waals surface area contributed by atoms with Crippen LogP contribution in [0.25, 0.3) is 0 Å². The number of anilines is 1. The van der Waals surface area contributed by atoms with E-state index in [4.69, 9.17) is 26.2 Å². The summed E-state index contributed by atoms with van der Waals surface area (Å²) in [7, 11) is 1.67. The van der Waals surface area contributed by atoms with Gasteiger partial charge in [0.1, 0.15) is 11.5 Å². The molecule has 6 heteroatoms. The van der Waals surface area contributed by atoms with Crippen LogP contribution in [-0.4, -0.2) is 56.0 Å². The van der Waals surface area contributed by atoms with Gasteiger partial charge in [-0.3, -0.25) is 4.90 Å². The monoisotopic (exact) mass is 458 g/mol. The molecule has 2 heterocycles. The summed E-state index contributed by atoms with van der Waals surface area (Å²) in [4.78, 5) is 5.19. The molecule has 5 nitrogen and oxygen atoms in total. The van der Waals surface area contributed by atoms with Crippen LogP contribution in [0.4, 0.5) is 5.69 Å². The van der Waals surface area contributed by atoms with E-state index < -0.39 is 0 Å². The van der Waals surface area contributed by atoms with E-state index in [1.807, 2.05) is 6.07 Å². The van der Waals surface area contributed by atoms with Crippen molar-refractivity contribution in [3.63, 3.8) is 0 Å². The smallest absolute Gasteiger partial charge is 0.139 e. The number of rotatable bonds is 7. The molecule has 174 valence electrons. The Morgan fingerprint density at radius 3 is 2.69 bits per heavy atom. The Kier molecular flexibility index (Phi) is 7.49. The minimum atomic E-state index is 0.161. The second kappa shape index (κ2) is 10.3. The van der Waals surface area contributed by atoms with E-state index in [0.29, 0.717) is 30.1 Å². The molecule has 0 aliphatic carbocycles. The summed E-state index contributed by atoms with van der Waals surface area (Å²) in [6.07, 6.45) is 4.35. The molecule has 2 aliphatic heterocycles. The minimum Gasteiger partial charge on any atom is -0.495 e. The molecule has 1 N–H and O–H groups in total. The number of ether oxygens (including phenoxy) is 2. The summed E-state index contributed by atoms with van der Waals surface area (Å²) in [5.74, 6) is 1.68. The van der Waals surface area contributed by atoms with Gasteiger partial charge in [-0.15, -0.1) is 0 Å². The predicted molar refractivity (Wildman–Crippen MR) is 130 cm³/mol.